The van der Waals surface area contributed by atoms with Gasteiger partial charge in [-0.05, 0) is 26.0 Å². The zero-order valence-corrected chi connectivity index (χ0v) is 16.1. The van der Waals surface area contributed by atoms with Crippen molar-refractivity contribution in [3.8, 4) is 11.5 Å². The van der Waals surface area contributed by atoms with E-state index >= 15 is 0 Å². The summed E-state index contributed by atoms with van der Waals surface area (Å²) in [7, 11) is 3.14. The minimum absolute atomic E-state index is 0.123. The molecule has 1 atom stereocenters. The van der Waals surface area contributed by atoms with Crippen molar-refractivity contribution in [3.63, 3.8) is 0 Å². The van der Waals surface area contributed by atoms with Gasteiger partial charge >= 0.3 is 0 Å². The second-order valence-electron chi connectivity index (χ2n) is 6.60. The zero-order chi connectivity index (χ0) is 19.6. The lowest BCUT2D eigenvalue weighted by Gasteiger charge is -2.39. The van der Waals surface area contributed by atoms with Crippen molar-refractivity contribution < 1.29 is 19.1 Å². The number of hydrogen-bond acceptors (Lipinski definition) is 4. The minimum atomic E-state index is -0.552. The monoisotopic (exact) mass is 368 g/mol. The molecule has 1 saturated heterocycles. The Balaban J connectivity index is 1.83. The standard InChI is InChI=1S/C21H24N2O4/c1-14-6-5-7-16(10-14)21(25)22-8-9-23(20(24)15(22)2)17-11-18(26-3)13-19(12-17)27-4/h5-7,10-13,15H,8-9H2,1-4H3/t15-/m1/s1. The van der Waals surface area contributed by atoms with Crippen LogP contribution in [-0.4, -0.2) is 50.1 Å². The van der Waals surface area contributed by atoms with Crippen molar-refractivity contribution in [1.82, 2.24) is 4.90 Å². The van der Waals surface area contributed by atoms with Crippen molar-refractivity contribution in [2.45, 2.75) is 19.9 Å². The van der Waals surface area contributed by atoms with E-state index in [-0.39, 0.29) is 11.8 Å². The highest BCUT2D eigenvalue weighted by Gasteiger charge is 2.35. The van der Waals surface area contributed by atoms with Gasteiger partial charge in [-0.25, -0.2) is 0 Å². The molecular weight excluding hydrogens is 344 g/mol. The lowest BCUT2D eigenvalue weighted by atomic mass is 10.1. The third kappa shape index (κ3) is 3.74. The summed E-state index contributed by atoms with van der Waals surface area (Å²) >= 11 is 0. The van der Waals surface area contributed by atoms with Crippen LogP contribution in [-0.2, 0) is 4.79 Å². The van der Waals surface area contributed by atoms with Gasteiger partial charge in [0.05, 0.1) is 19.9 Å². The Morgan fingerprint density at radius 2 is 1.70 bits per heavy atom. The van der Waals surface area contributed by atoms with Gasteiger partial charge in [0.1, 0.15) is 17.5 Å². The smallest absolute Gasteiger partial charge is 0.254 e. The molecular formula is C21H24N2O4. The summed E-state index contributed by atoms with van der Waals surface area (Å²) in [5.41, 5.74) is 2.32. The first kappa shape index (κ1) is 18.8. The average molecular weight is 368 g/mol. The number of carbonyl (C=O) groups excluding carboxylic acids is 2. The van der Waals surface area contributed by atoms with Crippen molar-refractivity contribution >= 4 is 17.5 Å². The Hall–Kier alpha value is -3.02. The lowest BCUT2D eigenvalue weighted by molar-refractivity contribution is -0.124. The number of methoxy groups -OCH3 is 2. The molecule has 6 heteroatoms. The number of piperazine rings is 1. The number of hydrogen-bond donors (Lipinski definition) is 0. The van der Waals surface area contributed by atoms with E-state index in [1.165, 1.54) is 0 Å². The second-order valence-corrected chi connectivity index (χ2v) is 6.60. The van der Waals surface area contributed by atoms with Gasteiger partial charge in [-0.3, -0.25) is 9.59 Å². The Bertz CT molecular complexity index is 843. The fourth-order valence-electron chi connectivity index (χ4n) is 3.30. The van der Waals surface area contributed by atoms with Crippen LogP contribution >= 0.6 is 0 Å². The van der Waals surface area contributed by atoms with Crippen LogP contribution in [0.5, 0.6) is 11.5 Å². The molecule has 0 saturated carbocycles. The highest BCUT2D eigenvalue weighted by Crippen LogP contribution is 2.30. The number of aryl methyl sites for hydroxylation is 1. The average Bonchev–Trinajstić information content (AvgIpc) is 2.69. The molecule has 2 aromatic carbocycles. The van der Waals surface area contributed by atoms with Gasteiger partial charge in [-0.1, -0.05) is 17.7 Å². The first-order valence-corrected chi connectivity index (χ1v) is 8.86. The number of carbonyl (C=O) groups is 2. The van der Waals surface area contributed by atoms with Crippen LogP contribution in [0.4, 0.5) is 5.69 Å². The van der Waals surface area contributed by atoms with Crippen LogP contribution in [0.15, 0.2) is 42.5 Å². The summed E-state index contributed by atoms with van der Waals surface area (Å²) in [6.07, 6.45) is 0. The Kier molecular flexibility index (Phi) is 5.35. The Labute approximate surface area is 159 Å². The molecule has 1 heterocycles. The fourth-order valence-corrected chi connectivity index (χ4v) is 3.30. The molecule has 1 fully saturated rings. The molecule has 3 rings (SSSR count). The van der Waals surface area contributed by atoms with Gasteiger partial charge in [-0.15, -0.1) is 0 Å². The first-order valence-electron chi connectivity index (χ1n) is 8.86. The van der Waals surface area contributed by atoms with E-state index in [0.717, 1.165) is 5.56 Å². The summed E-state index contributed by atoms with van der Waals surface area (Å²) in [5.74, 6) is 0.978. The normalized spacial score (nSPS) is 17.0. The van der Waals surface area contributed by atoms with Gasteiger partial charge in [0.15, 0.2) is 0 Å². The van der Waals surface area contributed by atoms with E-state index in [1.54, 1.807) is 55.2 Å². The number of anilines is 1. The van der Waals surface area contributed by atoms with E-state index < -0.39 is 6.04 Å². The molecule has 0 bridgehead atoms. The van der Waals surface area contributed by atoms with Crippen molar-refractivity contribution in [2.24, 2.45) is 0 Å². The Morgan fingerprint density at radius 3 is 2.30 bits per heavy atom. The van der Waals surface area contributed by atoms with Crippen molar-refractivity contribution in [3.05, 3.63) is 53.6 Å². The number of ether oxygens (including phenoxy) is 2. The maximum absolute atomic E-state index is 13.0. The quantitative estimate of drug-likeness (QED) is 0.833. The molecule has 6 nitrogen and oxygen atoms in total. The number of rotatable bonds is 4. The van der Waals surface area contributed by atoms with Gasteiger partial charge in [0, 0.05) is 36.9 Å². The fraction of sp³-hybridized carbons (Fsp3) is 0.333. The first-order chi connectivity index (χ1) is 12.9. The molecule has 0 radical (unpaired) electrons. The van der Waals surface area contributed by atoms with Crippen LogP contribution in [0.3, 0.4) is 0 Å². The lowest BCUT2D eigenvalue weighted by Crippen LogP contribution is -2.57. The molecule has 2 amide bonds. The number of benzene rings is 2. The molecule has 27 heavy (non-hydrogen) atoms. The van der Waals surface area contributed by atoms with Gasteiger partial charge in [0.25, 0.3) is 5.91 Å². The number of amides is 2. The maximum Gasteiger partial charge on any atom is 0.254 e. The molecule has 0 aromatic heterocycles. The summed E-state index contributed by atoms with van der Waals surface area (Å²) in [4.78, 5) is 29.2. The van der Waals surface area contributed by atoms with Gasteiger partial charge in [-0.2, -0.15) is 0 Å². The van der Waals surface area contributed by atoms with Crippen LogP contribution in [0.2, 0.25) is 0 Å². The second kappa shape index (κ2) is 7.70. The third-order valence-corrected chi connectivity index (χ3v) is 4.83. The topological polar surface area (TPSA) is 59.1 Å². The third-order valence-electron chi connectivity index (χ3n) is 4.83. The molecule has 0 aliphatic carbocycles. The molecule has 1 aliphatic heterocycles. The zero-order valence-electron chi connectivity index (χ0n) is 16.1. The molecule has 0 N–H and O–H groups in total. The molecule has 1 aliphatic rings. The predicted molar refractivity (Wildman–Crippen MR) is 104 cm³/mol. The van der Waals surface area contributed by atoms with Crippen LogP contribution in [0.25, 0.3) is 0 Å². The maximum atomic E-state index is 13.0. The van der Waals surface area contributed by atoms with Gasteiger partial charge in [0.2, 0.25) is 5.91 Å². The van der Waals surface area contributed by atoms with E-state index in [4.69, 9.17) is 9.47 Å². The highest BCUT2D eigenvalue weighted by atomic mass is 16.5. The van der Waals surface area contributed by atoms with E-state index in [0.29, 0.717) is 35.8 Å². The Morgan fingerprint density at radius 1 is 1.04 bits per heavy atom. The van der Waals surface area contributed by atoms with Crippen LogP contribution in [0, 0.1) is 6.92 Å². The van der Waals surface area contributed by atoms with Crippen LogP contribution in [0.1, 0.15) is 22.8 Å². The van der Waals surface area contributed by atoms with Crippen LogP contribution < -0.4 is 14.4 Å². The SMILES string of the molecule is COc1cc(OC)cc(N2CCN(C(=O)c3cccc(C)c3)[C@H](C)C2=O)c1. The highest BCUT2D eigenvalue weighted by molar-refractivity contribution is 6.03. The predicted octanol–water partition coefficient (Wildman–Crippen LogP) is 2.89. The molecule has 142 valence electrons. The van der Waals surface area contributed by atoms with E-state index in [2.05, 4.69) is 0 Å². The summed E-state index contributed by atoms with van der Waals surface area (Å²) in [6, 6.07) is 12.2. The van der Waals surface area contributed by atoms with E-state index in [1.807, 2.05) is 25.1 Å². The summed E-state index contributed by atoms with van der Waals surface area (Å²) < 4.78 is 10.6. The summed E-state index contributed by atoms with van der Waals surface area (Å²) in [6.45, 7) is 4.58. The van der Waals surface area contributed by atoms with E-state index in [9.17, 15) is 9.59 Å². The van der Waals surface area contributed by atoms with Crippen molar-refractivity contribution in [2.75, 3.05) is 32.2 Å². The number of nitrogens with zero attached hydrogens (tertiary/aromatic N) is 2. The largest absolute Gasteiger partial charge is 0.497 e. The minimum Gasteiger partial charge on any atom is -0.497 e. The molecule has 0 unspecified atom stereocenters. The molecule has 0 spiro atoms. The molecule has 2 aromatic rings. The van der Waals surface area contributed by atoms with Crippen molar-refractivity contribution in [1.29, 1.82) is 0 Å². The summed E-state index contributed by atoms with van der Waals surface area (Å²) in [5, 5.41) is 0. The van der Waals surface area contributed by atoms with Gasteiger partial charge < -0.3 is 19.3 Å².